The number of ether oxygens (including phenoxy) is 1. The zero-order chi connectivity index (χ0) is 30.0. The van der Waals surface area contributed by atoms with Gasteiger partial charge in [-0.25, -0.2) is 4.68 Å². The molecule has 8 heteroatoms. The lowest BCUT2D eigenvalue weighted by Crippen LogP contribution is -2.33. The van der Waals surface area contributed by atoms with Gasteiger partial charge in [0.15, 0.2) is 5.78 Å². The molecule has 2 aromatic heterocycles. The van der Waals surface area contributed by atoms with E-state index in [9.17, 15) is 14.9 Å². The Balaban J connectivity index is 1.82. The Labute approximate surface area is 247 Å². The maximum atomic E-state index is 14.0. The first kappa shape index (κ1) is 28.5. The number of hydrogen-bond donors (Lipinski definition) is 0. The summed E-state index contributed by atoms with van der Waals surface area (Å²) >= 11 is 1.13. The number of ketones is 1. The highest BCUT2D eigenvalue weighted by molar-refractivity contribution is 7.07. The van der Waals surface area contributed by atoms with Gasteiger partial charge in [-0.05, 0) is 61.5 Å². The van der Waals surface area contributed by atoms with Crippen LogP contribution in [-0.4, -0.2) is 27.2 Å². The topological polar surface area (TPSA) is 89.9 Å². The van der Waals surface area contributed by atoms with Gasteiger partial charge in [0.05, 0.1) is 23.0 Å². The second kappa shape index (κ2) is 11.5. The molecule has 42 heavy (non-hydrogen) atoms. The number of aromatic nitrogens is 3. The molecule has 7 nitrogen and oxygen atoms in total. The number of Topliss-reactive ketones (excluding diaryl/α,β-unsaturated/α-hetero) is 1. The summed E-state index contributed by atoms with van der Waals surface area (Å²) in [6.07, 6.45) is 3.66. The molecule has 0 spiro atoms. The molecule has 0 aliphatic rings. The molecule has 0 fully saturated rings. The maximum absolute atomic E-state index is 14.0. The Bertz CT molecular complexity index is 1990. The number of carbonyl (C=O) groups is 1. The van der Waals surface area contributed by atoms with Gasteiger partial charge >= 0.3 is 0 Å². The summed E-state index contributed by atoms with van der Waals surface area (Å²) in [7, 11) is 1.61. The summed E-state index contributed by atoms with van der Waals surface area (Å²) in [6.45, 7) is 7.25. The highest BCUT2D eigenvalue weighted by atomic mass is 32.1. The Hall–Kier alpha value is -5.00. The Morgan fingerprint density at radius 1 is 0.976 bits per heavy atom. The lowest BCUT2D eigenvalue weighted by molar-refractivity contribution is -0.120. The molecule has 0 atom stereocenters. The van der Waals surface area contributed by atoms with Gasteiger partial charge in [-0.15, -0.1) is 11.3 Å². The highest BCUT2D eigenvalue weighted by Gasteiger charge is 2.27. The zero-order valence-electron chi connectivity index (χ0n) is 24.1. The molecule has 5 rings (SSSR count). The number of nitriles is 1. The fraction of sp³-hybridized carbons (Fsp3) is 0.176. The van der Waals surface area contributed by atoms with E-state index in [1.807, 2.05) is 92.0 Å². The second-order valence-electron chi connectivity index (χ2n) is 10.9. The van der Waals surface area contributed by atoms with Crippen molar-refractivity contribution >= 4 is 28.8 Å². The van der Waals surface area contributed by atoms with Gasteiger partial charge in [0.1, 0.15) is 27.7 Å². The van der Waals surface area contributed by atoms with Crippen LogP contribution in [-0.2, 0) is 4.79 Å². The molecule has 3 aromatic carbocycles. The van der Waals surface area contributed by atoms with Crippen molar-refractivity contribution in [3.05, 3.63) is 116 Å². The molecular weight excluding hydrogens is 544 g/mol. The van der Waals surface area contributed by atoms with E-state index in [0.717, 1.165) is 33.9 Å². The second-order valence-corrected chi connectivity index (χ2v) is 11.9. The van der Waals surface area contributed by atoms with E-state index < -0.39 is 5.41 Å². The van der Waals surface area contributed by atoms with E-state index in [4.69, 9.17) is 9.84 Å². The summed E-state index contributed by atoms with van der Waals surface area (Å²) in [5.41, 5.74) is 3.56. The van der Waals surface area contributed by atoms with Crippen LogP contribution in [0.25, 0.3) is 34.3 Å². The van der Waals surface area contributed by atoms with Gasteiger partial charge in [0.2, 0.25) is 0 Å². The number of hydrogen-bond acceptors (Lipinski definition) is 6. The molecule has 0 bridgehead atoms. The van der Waals surface area contributed by atoms with Crippen LogP contribution in [0.3, 0.4) is 0 Å². The number of thiazole rings is 1. The first-order chi connectivity index (χ1) is 20.1. The van der Waals surface area contributed by atoms with E-state index >= 15 is 0 Å². The fourth-order valence-electron chi connectivity index (χ4n) is 4.47. The van der Waals surface area contributed by atoms with Crippen LogP contribution in [0.15, 0.2) is 89.9 Å². The molecule has 0 N–H and O–H groups in total. The van der Waals surface area contributed by atoms with Crippen molar-refractivity contribution in [2.45, 2.75) is 27.7 Å². The monoisotopic (exact) mass is 574 g/mol. The lowest BCUT2D eigenvalue weighted by atomic mass is 9.87. The molecule has 0 radical (unpaired) electrons. The van der Waals surface area contributed by atoms with E-state index in [1.54, 1.807) is 38.6 Å². The average molecular weight is 575 g/mol. The number of methoxy groups -OCH3 is 1. The number of rotatable bonds is 6. The van der Waals surface area contributed by atoms with Crippen molar-refractivity contribution in [3.8, 4) is 34.5 Å². The van der Waals surface area contributed by atoms with Crippen molar-refractivity contribution in [1.82, 2.24) is 14.3 Å². The van der Waals surface area contributed by atoms with Crippen LogP contribution in [0.1, 0.15) is 31.9 Å². The minimum Gasteiger partial charge on any atom is -0.497 e. The van der Waals surface area contributed by atoms with E-state index in [0.29, 0.717) is 26.1 Å². The van der Waals surface area contributed by atoms with E-state index in [2.05, 4.69) is 6.07 Å². The summed E-state index contributed by atoms with van der Waals surface area (Å²) in [4.78, 5) is 27.4. The Morgan fingerprint density at radius 3 is 2.24 bits per heavy atom. The Morgan fingerprint density at radius 2 is 1.64 bits per heavy atom. The molecule has 5 aromatic rings. The lowest BCUT2D eigenvalue weighted by Gasteiger charge is -2.15. The third-order valence-corrected chi connectivity index (χ3v) is 7.86. The van der Waals surface area contributed by atoms with Crippen LogP contribution >= 0.6 is 11.3 Å². The number of para-hydroxylation sites is 1. The molecule has 0 aliphatic heterocycles. The molecule has 0 amide bonds. The van der Waals surface area contributed by atoms with Crippen molar-refractivity contribution in [2.75, 3.05) is 7.11 Å². The average Bonchev–Trinajstić information content (AvgIpc) is 3.55. The first-order valence-corrected chi connectivity index (χ1v) is 14.2. The van der Waals surface area contributed by atoms with Crippen molar-refractivity contribution in [2.24, 2.45) is 5.41 Å². The third-order valence-electron chi connectivity index (χ3n) is 6.76. The van der Waals surface area contributed by atoms with E-state index in [1.165, 1.54) is 4.57 Å². The number of aryl methyl sites for hydroxylation is 1. The maximum Gasteiger partial charge on any atom is 0.273 e. The summed E-state index contributed by atoms with van der Waals surface area (Å²) in [6, 6.07) is 26.8. The van der Waals surface area contributed by atoms with Crippen LogP contribution in [0.4, 0.5) is 0 Å². The molecule has 0 unspecified atom stereocenters. The van der Waals surface area contributed by atoms with Crippen molar-refractivity contribution in [3.63, 3.8) is 0 Å². The fourth-order valence-corrected chi connectivity index (χ4v) is 5.56. The van der Waals surface area contributed by atoms with Gasteiger partial charge in [0.25, 0.3) is 5.56 Å². The quantitative estimate of drug-likeness (QED) is 0.279. The largest absolute Gasteiger partial charge is 0.497 e. The molecule has 2 heterocycles. The summed E-state index contributed by atoms with van der Waals surface area (Å²) < 4.78 is 9.25. The highest BCUT2D eigenvalue weighted by Crippen LogP contribution is 2.26. The minimum atomic E-state index is -0.800. The first-order valence-electron chi connectivity index (χ1n) is 13.4. The van der Waals surface area contributed by atoms with E-state index in [-0.39, 0.29) is 16.9 Å². The summed E-state index contributed by atoms with van der Waals surface area (Å²) in [5.74, 6) is 0.397. The van der Waals surface area contributed by atoms with Gasteiger partial charge in [-0.2, -0.15) is 10.4 Å². The third kappa shape index (κ3) is 5.60. The van der Waals surface area contributed by atoms with Gasteiger partial charge in [-0.1, -0.05) is 56.7 Å². The van der Waals surface area contributed by atoms with Crippen molar-refractivity contribution < 1.29 is 9.53 Å². The SMILES string of the molecule is COc1ccc(-c2nn(-c3ccccc3)cc2/C=c2\s/c(=C(/C#N)C(=O)C(C)(C)C)n(-c3ccc(C)cc3)c2=O)cc1. The standard InChI is InChI=1S/C34H30N4O3S/c1-22-11-15-26(16-12-22)38-32(40)29(42-33(38)28(20-35)31(39)34(2,3)4)19-24-21-37(25-9-7-6-8-10-25)36-30(24)23-13-17-27(41-5)18-14-23/h6-19,21H,1-5H3/b29-19-,33-28-. The molecule has 0 aliphatic carbocycles. The smallest absolute Gasteiger partial charge is 0.273 e. The van der Waals surface area contributed by atoms with Crippen molar-refractivity contribution in [1.29, 1.82) is 5.26 Å². The van der Waals surface area contributed by atoms with Crippen LogP contribution < -0.4 is 19.5 Å². The number of carbonyl (C=O) groups excluding carboxylic acids is 1. The molecule has 210 valence electrons. The van der Waals surface area contributed by atoms with Crippen LogP contribution in [0.2, 0.25) is 0 Å². The van der Waals surface area contributed by atoms with Crippen LogP contribution in [0, 0.1) is 23.7 Å². The molecular formula is C34H30N4O3S. The molecule has 0 saturated carbocycles. The Kier molecular flexibility index (Phi) is 7.79. The normalized spacial score (nSPS) is 12.6. The summed E-state index contributed by atoms with van der Waals surface area (Å²) in [5, 5.41) is 15.0. The number of nitrogens with zero attached hydrogens (tertiary/aromatic N) is 4. The predicted molar refractivity (Wildman–Crippen MR) is 167 cm³/mol. The predicted octanol–water partition coefficient (Wildman–Crippen LogP) is 5.19. The van der Waals surface area contributed by atoms with Crippen LogP contribution in [0.5, 0.6) is 5.75 Å². The van der Waals surface area contributed by atoms with Gasteiger partial charge < -0.3 is 4.74 Å². The minimum absolute atomic E-state index is 0.0415. The van der Waals surface area contributed by atoms with Gasteiger partial charge in [0, 0.05) is 22.7 Å². The number of benzene rings is 3. The zero-order valence-corrected chi connectivity index (χ0v) is 24.9. The van der Waals surface area contributed by atoms with Gasteiger partial charge in [-0.3, -0.25) is 14.2 Å². The molecule has 0 saturated heterocycles.